The van der Waals surface area contributed by atoms with E-state index in [-0.39, 0.29) is 6.61 Å². The number of aromatic nitrogens is 2. The second-order valence-corrected chi connectivity index (χ2v) is 9.23. The molecule has 1 N–H and O–H groups in total. The topological polar surface area (TPSA) is 109 Å². The number of anilines is 1. The second kappa shape index (κ2) is 11.3. The lowest BCUT2D eigenvalue weighted by Gasteiger charge is -2.19. The highest BCUT2D eigenvalue weighted by molar-refractivity contribution is 7.20. The Balaban J connectivity index is 1.62. The number of hydrogen-bond donors (Lipinski definition) is 1. The number of rotatable bonds is 9. The highest BCUT2D eigenvalue weighted by Gasteiger charge is 2.26. The van der Waals surface area contributed by atoms with Crippen molar-refractivity contribution in [2.24, 2.45) is 0 Å². The zero-order chi connectivity index (χ0) is 26.5. The number of nitrogens with one attached hydrogen (secondary N) is 1. The van der Waals surface area contributed by atoms with Gasteiger partial charge in [-0.1, -0.05) is 37.3 Å². The standard InChI is InChI=1S/C27H27N3O6S/c1-5-20(24(31)29-19-13-18(34-3)11-12-21(19)35-4)30-15-28-25-22(26(30)32)16(2)23(37-25)27(33)36-14-17-9-7-6-8-10-17/h6-13,15,20H,5,14H2,1-4H3,(H,29,31). The molecule has 0 spiro atoms. The van der Waals surface area contributed by atoms with Crippen LogP contribution in [0.15, 0.2) is 59.7 Å². The van der Waals surface area contributed by atoms with Gasteiger partial charge in [0.2, 0.25) is 5.91 Å². The first-order valence-electron chi connectivity index (χ1n) is 11.6. The molecule has 0 saturated carbocycles. The SMILES string of the molecule is CCC(C(=O)Nc1cc(OC)ccc1OC)n1cnc2sc(C(=O)OCc3ccccc3)c(C)c2c1=O. The van der Waals surface area contributed by atoms with E-state index in [2.05, 4.69) is 10.3 Å². The van der Waals surface area contributed by atoms with Crippen molar-refractivity contribution >= 4 is 39.1 Å². The lowest BCUT2D eigenvalue weighted by molar-refractivity contribution is -0.119. The van der Waals surface area contributed by atoms with Crippen molar-refractivity contribution in [2.75, 3.05) is 19.5 Å². The number of thiophene rings is 1. The quantitative estimate of drug-likeness (QED) is 0.317. The third-order valence-electron chi connectivity index (χ3n) is 5.96. The van der Waals surface area contributed by atoms with E-state index in [1.807, 2.05) is 30.3 Å². The Hall–Kier alpha value is -4.18. The zero-order valence-electron chi connectivity index (χ0n) is 20.9. The first-order valence-corrected chi connectivity index (χ1v) is 12.4. The molecule has 1 amide bonds. The van der Waals surface area contributed by atoms with Gasteiger partial charge in [0.15, 0.2) is 0 Å². The van der Waals surface area contributed by atoms with E-state index < -0.39 is 23.5 Å². The average molecular weight is 522 g/mol. The van der Waals surface area contributed by atoms with Gasteiger partial charge in [0.25, 0.3) is 5.56 Å². The summed E-state index contributed by atoms with van der Waals surface area (Å²) in [5.74, 6) is 0.0696. The zero-order valence-corrected chi connectivity index (χ0v) is 21.8. The summed E-state index contributed by atoms with van der Waals surface area (Å²) in [6, 6.07) is 13.5. The molecular formula is C27H27N3O6S. The smallest absolute Gasteiger partial charge is 0.349 e. The Morgan fingerprint density at radius 3 is 2.54 bits per heavy atom. The molecule has 0 aliphatic rings. The Labute approximate surface area is 217 Å². The normalized spacial score (nSPS) is 11.7. The van der Waals surface area contributed by atoms with E-state index in [9.17, 15) is 14.4 Å². The molecule has 1 atom stereocenters. The van der Waals surface area contributed by atoms with Gasteiger partial charge in [-0.3, -0.25) is 14.2 Å². The van der Waals surface area contributed by atoms with E-state index in [1.165, 1.54) is 25.1 Å². The highest BCUT2D eigenvalue weighted by Crippen LogP contribution is 2.31. The maximum absolute atomic E-state index is 13.5. The predicted octanol–water partition coefficient (Wildman–Crippen LogP) is 4.73. The number of esters is 1. The van der Waals surface area contributed by atoms with E-state index in [0.717, 1.165) is 16.9 Å². The van der Waals surface area contributed by atoms with Gasteiger partial charge in [-0.25, -0.2) is 9.78 Å². The second-order valence-electron chi connectivity index (χ2n) is 8.23. The van der Waals surface area contributed by atoms with E-state index in [0.29, 0.717) is 44.3 Å². The Bertz CT molecular complexity index is 1500. The third-order valence-corrected chi connectivity index (χ3v) is 7.14. The number of amides is 1. The predicted molar refractivity (Wildman–Crippen MR) is 142 cm³/mol. The molecule has 2 aromatic carbocycles. The average Bonchev–Trinajstić information content (AvgIpc) is 3.26. The monoisotopic (exact) mass is 521 g/mol. The molecule has 1 unspecified atom stereocenters. The molecule has 0 bridgehead atoms. The summed E-state index contributed by atoms with van der Waals surface area (Å²) in [4.78, 5) is 44.7. The maximum Gasteiger partial charge on any atom is 0.349 e. The molecule has 2 aromatic heterocycles. The van der Waals surface area contributed by atoms with E-state index in [4.69, 9.17) is 14.2 Å². The summed E-state index contributed by atoms with van der Waals surface area (Å²) in [5, 5.41) is 3.12. The van der Waals surface area contributed by atoms with Gasteiger partial charge >= 0.3 is 5.97 Å². The van der Waals surface area contributed by atoms with Crippen molar-refractivity contribution in [3.05, 3.63) is 81.2 Å². The van der Waals surface area contributed by atoms with Crippen molar-refractivity contribution in [2.45, 2.75) is 32.9 Å². The minimum atomic E-state index is -0.840. The minimum Gasteiger partial charge on any atom is -0.497 e. The van der Waals surface area contributed by atoms with Crippen molar-refractivity contribution in [3.8, 4) is 11.5 Å². The lowest BCUT2D eigenvalue weighted by atomic mass is 10.1. The van der Waals surface area contributed by atoms with Crippen LogP contribution >= 0.6 is 11.3 Å². The van der Waals surface area contributed by atoms with E-state index in [1.54, 1.807) is 32.0 Å². The number of aryl methyl sites for hydroxylation is 1. The summed E-state index contributed by atoms with van der Waals surface area (Å²) >= 11 is 1.10. The fourth-order valence-electron chi connectivity index (χ4n) is 3.98. The molecule has 0 aliphatic carbocycles. The number of fused-ring (bicyclic) bond motifs is 1. The third kappa shape index (κ3) is 5.34. The van der Waals surface area contributed by atoms with Crippen molar-refractivity contribution in [3.63, 3.8) is 0 Å². The largest absolute Gasteiger partial charge is 0.497 e. The first kappa shape index (κ1) is 25.9. The summed E-state index contributed by atoms with van der Waals surface area (Å²) in [5.41, 5.74) is 1.36. The van der Waals surface area contributed by atoms with Gasteiger partial charge < -0.3 is 19.5 Å². The van der Waals surface area contributed by atoms with Crippen LogP contribution in [0.1, 0.15) is 40.2 Å². The number of carbonyl (C=O) groups excluding carboxylic acids is 2. The van der Waals surface area contributed by atoms with Gasteiger partial charge in [-0.05, 0) is 36.6 Å². The van der Waals surface area contributed by atoms with Crippen molar-refractivity contribution in [1.29, 1.82) is 0 Å². The summed E-state index contributed by atoms with van der Waals surface area (Å²) < 4.78 is 17.3. The maximum atomic E-state index is 13.5. The van der Waals surface area contributed by atoms with Crippen LogP contribution < -0.4 is 20.3 Å². The highest BCUT2D eigenvalue weighted by atomic mass is 32.1. The van der Waals surface area contributed by atoms with Crippen LogP contribution in [-0.4, -0.2) is 35.6 Å². The van der Waals surface area contributed by atoms with Crippen LogP contribution in [0.3, 0.4) is 0 Å². The lowest BCUT2D eigenvalue weighted by Crippen LogP contribution is -2.33. The first-order chi connectivity index (χ1) is 17.9. The molecule has 37 heavy (non-hydrogen) atoms. The Morgan fingerprint density at radius 2 is 1.86 bits per heavy atom. The van der Waals surface area contributed by atoms with Gasteiger partial charge in [-0.2, -0.15) is 0 Å². The molecule has 0 saturated heterocycles. The molecule has 2 heterocycles. The number of ether oxygens (including phenoxy) is 3. The van der Waals surface area contributed by atoms with E-state index >= 15 is 0 Å². The molecule has 4 rings (SSSR count). The van der Waals surface area contributed by atoms with Crippen LogP contribution in [0.5, 0.6) is 11.5 Å². The minimum absolute atomic E-state index is 0.122. The number of nitrogens with zero attached hydrogens (tertiary/aromatic N) is 2. The summed E-state index contributed by atoms with van der Waals surface area (Å²) in [6.07, 6.45) is 1.68. The van der Waals surface area contributed by atoms with Crippen LogP contribution in [-0.2, 0) is 16.1 Å². The van der Waals surface area contributed by atoms with Gasteiger partial charge in [0.1, 0.15) is 33.9 Å². The van der Waals surface area contributed by atoms with Gasteiger partial charge in [0.05, 0.1) is 31.6 Å². The molecule has 10 heteroatoms. The van der Waals surface area contributed by atoms with Gasteiger partial charge in [0, 0.05) is 6.07 Å². The number of benzene rings is 2. The Kier molecular flexibility index (Phi) is 7.88. The van der Waals surface area contributed by atoms with Crippen LogP contribution in [0.4, 0.5) is 5.69 Å². The number of carbonyl (C=O) groups is 2. The molecule has 192 valence electrons. The fourth-order valence-corrected chi connectivity index (χ4v) is 5.01. The molecule has 0 fully saturated rings. The van der Waals surface area contributed by atoms with Crippen LogP contribution in [0, 0.1) is 6.92 Å². The molecule has 0 aliphatic heterocycles. The summed E-state index contributed by atoms with van der Waals surface area (Å²) in [6.45, 7) is 3.61. The molecule has 0 radical (unpaired) electrons. The molecule has 4 aromatic rings. The Morgan fingerprint density at radius 1 is 1.11 bits per heavy atom. The number of methoxy groups -OCH3 is 2. The molecular weight excluding hydrogens is 494 g/mol. The summed E-state index contributed by atoms with van der Waals surface area (Å²) in [7, 11) is 3.02. The van der Waals surface area contributed by atoms with Crippen LogP contribution in [0.25, 0.3) is 10.2 Å². The van der Waals surface area contributed by atoms with Crippen LogP contribution in [0.2, 0.25) is 0 Å². The van der Waals surface area contributed by atoms with Crippen molar-refractivity contribution < 1.29 is 23.8 Å². The van der Waals surface area contributed by atoms with Crippen molar-refractivity contribution in [1.82, 2.24) is 9.55 Å². The molecule has 9 nitrogen and oxygen atoms in total. The van der Waals surface area contributed by atoms with Gasteiger partial charge in [-0.15, -0.1) is 11.3 Å². The number of hydrogen-bond acceptors (Lipinski definition) is 8. The fraction of sp³-hybridized carbons (Fsp3) is 0.259.